The van der Waals surface area contributed by atoms with Crippen molar-refractivity contribution in [3.63, 3.8) is 0 Å². The lowest BCUT2D eigenvalue weighted by Crippen LogP contribution is -2.28. The van der Waals surface area contributed by atoms with E-state index >= 15 is 0 Å². The number of ketones is 1. The Morgan fingerprint density at radius 3 is 2.76 bits per heavy atom. The highest BCUT2D eigenvalue weighted by Crippen LogP contribution is 2.40. The van der Waals surface area contributed by atoms with Gasteiger partial charge < -0.3 is 14.0 Å². The molecule has 1 aliphatic rings. The zero-order valence-corrected chi connectivity index (χ0v) is 17.2. The standard InChI is InChI=1S/C25H25NO3/c1-5-26-16-17(18-8-6-7-9-21(18)26)10-12-22(27)19-11-13-23(28-4)20-14-15-25(2,3)29-24(19)20/h6-16H,5H2,1-4H3/b12-10+. The van der Waals surface area contributed by atoms with Crippen LogP contribution in [-0.4, -0.2) is 23.1 Å². The number of carbonyl (C=O) groups is 1. The molecule has 4 rings (SSSR count). The lowest BCUT2D eigenvalue weighted by atomic mass is 9.97. The molecule has 0 atom stereocenters. The van der Waals surface area contributed by atoms with Crippen molar-refractivity contribution in [1.29, 1.82) is 0 Å². The number of carbonyl (C=O) groups excluding carboxylic acids is 1. The zero-order chi connectivity index (χ0) is 20.6. The topological polar surface area (TPSA) is 40.5 Å². The molecule has 0 amide bonds. The minimum atomic E-state index is -0.480. The SMILES string of the molecule is CCn1cc(/C=C/C(=O)c2ccc(OC)c3c2OC(C)(C)C=C3)c2ccccc21. The molecule has 2 heterocycles. The molecule has 1 aliphatic heterocycles. The third-order valence-electron chi connectivity index (χ3n) is 5.23. The number of methoxy groups -OCH3 is 1. The van der Waals surface area contributed by atoms with Gasteiger partial charge in [0.15, 0.2) is 5.78 Å². The second-order valence-corrected chi connectivity index (χ2v) is 7.68. The highest BCUT2D eigenvalue weighted by molar-refractivity contribution is 6.10. The molecule has 0 radical (unpaired) electrons. The van der Waals surface area contributed by atoms with Crippen molar-refractivity contribution in [2.45, 2.75) is 32.9 Å². The first-order chi connectivity index (χ1) is 13.9. The quantitative estimate of drug-likeness (QED) is 0.413. The molecule has 0 N–H and O–H groups in total. The molecule has 4 nitrogen and oxygen atoms in total. The Bertz CT molecular complexity index is 1150. The summed E-state index contributed by atoms with van der Waals surface area (Å²) in [6, 6.07) is 11.8. The van der Waals surface area contributed by atoms with Gasteiger partial charge in [-0.2, -0.15) is 0 Å². The molecule has 0 saturated carbocycles. The van der Waals surface area contributed by atoms with Crippen LogP contribution in [0, 0.1) is 0 Å². The van der Waals surface area contributed by atoms with Crippen molar-refractivity contribution in [2.24, 2.45) is 0 Å². The van der Waals surface area contributed by atoms with E-state index in [0.717, 1.165) is 23.1 Å². The molecule has 29 heavy (non-hydrogen) atoms. The van der Waals surface area contributed by atoms with Crippen LogP contribution in [0.25, 0.3) is 23.1 Å². The van der Waals surface area contributed by atoms with E-state index in [2.05, 4.69) is 29.8 Å². The van der Waals surface area contributed by atoms with E-state index in [-0.39, 0.29) is 5.78 Å². The highest BCUT2D eigenvalue weighted by Gasteiger charge is 2.27. The Balaban J connectivity index is 1.73. The van der Waals surface area contributed by atoms with E-state index in [0.29, 0.717) is 17.1 Å². The van der Waals surface area contributed by atoms with E-state index in [9.17, 15) is 4.79 Å². The molecular formula is C25H25NO3. The average molecular weight is 387 g/mol. The van der Waals surface area contributed by atoms with Gasteiger partial charge in [0.2, 0.25) is 0 Å². The van der Waals surface area contributed by atoms with Crippen LogP contribution in [0.15, 0.2) is 54.7 Å². The molecule has 2 aromatic carbocycles. The van der Waals surface area contributed by atoms with Crippen molar-refractivity contribution in [2.75, 3.05) is 7.11 Å². The normalized spacial score (nSPS) is 14.8. The Kier molecular flexibility index (Phi) is 4.79. The summed E-state index contributed by atoms with van der Waals surface area (Å²) in [7, 11) is 1.62. The van der Waals surface area contributed by atoms with Gasteiger partial charge in [-0.25, -0.2) is 0 Å². The first-order valence-electron chi connectivity index (χ1n) is 9.83. The molecule has 0 unspecified atom stereocenters. The van der Waals surface area contributed by atoms with Gasteiger partial charge in [0.25, 0.3) is 0 Å². The average Bonchev–Trinajstić information content (AvgIpc) is 3.08. The van der Waals surface area contributed by atoms with Gasteiger partial charge in [-0.3, -0.25) is 4.79 Å². The van der Waals surface area contributed by atoms with Crippen LogP contribution < -0.4 is 9.47 Å². The second kappa shape index (κ2) is 7.28. The van der Waals surface area contributed by atoms with Crippen LogP contribution in [0.4, 0.5) is 0 Å². The summed E-state index contributed by atoms with van der Waals surface area (Å²) >= 11 is 0. The first kappa shape index (κ1) is 19.1. The number of fused-ring (bicyclic) bond motifs is 2. The van der Waals surface area contributed by atoms with Gasteiger partial charge >= 0.3 is 0 Å². The summed E-state index contributed by atoms with van der Waals surface area (Å²) in [4.78, 5) is 13.1. The predicted molar refractivity (Wildman–Crippen MR) is 118 cm³/mol. The lowest BCUT2D eigenvalue weighted by molar-refractivity contribution is 0.103. The maximum Gasteiger partial charge on any atom is 0.189 e. The second-order valence-electron chi connectivity index (χ2n) is 7.68. The van der Waals surface area contributed by atoms with Crippen LogP contribution >= 0.6 is 0 Å². The van der Waals surface area contributed by atoms with Gasteiger partial charge in [0.1, 0.15) is 17.1 Å². The van der Waals surface area contributed by atoms with E-state index in [4.69, 9.17) is 9.47 Å². The number of aromatic nitrogens is 1. The smallest absolute Gasteiger partial charge is 0.189 e. The summed E-state index contributed by atoms with van der Waals surface area (Å²) in [5.41, 5.74) is 3.05. The molecule has 0 fully saturated rings. The van der Waals surface area contributed by atoms with Crippen molar-refractivity contribution in [3.8, 4) is 11.5 Å². The van der Waals surface area contributed by atoms with Gasteiger partial charge in [-0.15, -0.1) is 0 Å². The van der Waals surface area contributed by atoms with Crippen LogP contribution in [-0.2, 0) is 6.54 Å². The van der Waals surface area contributed by atoms with Gasteiger partial charge in [0, 0.05) is 29.2 Å². The van der Waals surface area contributed by atoms with Crippen molar-refractivity contribution in [1.82, 2.24) is 4.57 Å². The number of allylic oxidation sites excluding steroid dienone is 1. The highest BCUT2D eigenvalue weighted by atomic mass is 16.5. The Labute approximate surface area is 171 Å². The molecule has 148 valence electrons. The molecule has 0 spiro atoms. The Morgan fingerprint density at radius 2 is 2.00 bits per heavy atom. The van der Waals surface area contributed by atoms with E-state index < -0.39 is 5.60 Å². The minimum Gasteiger partial charge on any atom is -0.496 e. The zero-order valence-electron chi connectivity index (χ0n) is 17.2. The minimum absolute atomic E-state index is 0.0941. The number of benzene rings is 2. The molecule has 1 aromatic heterocycles. The number of hydrogen-bond donors (Lipinski definition) is 0. The maximum atomic E-state index is 13.1. The fraction of sp³-hybridized carbons (Fsp3) is 0.240. The summed E-state index contributed by atoms with van der Waals surface area (Å²) in [6.07, 6.45) is 9.53. The number of para-hydroxylation sites is 1. The molecule has 0 saturated heterocycles. The predicted octanol–water partition coefficient (Wildman–Crippen LogP) is 5.75. The monoisotopic (exact) mass is 387 g/mol. The summed E-state index contributed by atoms with van der Waals surface area (Å²) in [5.74, 6) is 1.17. The molecule has 4 heteroatoms. The largest absolute Gasteiger partial charge is 0.496 e. The lowest BCUT2D eigenvalue weighted by Gasteiger charge is -2.29. The summed E-state index contributed by atoms with van der Waals surface area (Å²) in [6.45, 7) is 6.93. The van der Waals surface area contributed by atoms with Gasteiger partial charge in [-0.05, 0) is 63.3 Å². The molecule has 3 aromatic rings. The number of aryl methyl sites for hydroxylation is 1. The van der Waals surface area contributed by atoms with Crippen LogP contribution in [0.3, 0.4) is 0 Å². The number of nitrogens with zero attached hydrogens (tertiary/aromatic N) is 1. The number of rotatable bonds is 5. The van der Waals surface area contributed by atoms with E-state index in [1.807, 2.05) is 50.3 Å². The third-order valence-corrected chi connectivity index (χ3v) is 5.23. The molecule has 0 bridgehead atoms. The van der Waals surface area contributed by atoms with Crippen molar-refractivity contribution < 1.29 is 14.3 Å². The fourth-order valence-corrected chi connectivity index (χ4v) is 3.73. The number of ether oxygens (including phenoxy) is 2. The third kappa shape index (κ3) is 3.46. The fourth-order valence-electron chi connectivity index (χ4n) is 3.73. The molecular weight excluding hydrogens is 362 g/mol. The van der Waals surface area contributed by atoms with Crippen molar-refractivity contribution >= 4 is 28.8 Å². The van der Waals surface area contributed by atoms with Crippen molar-refractivity contribution in [3.05, 3.63) is 71.4 Å². The maximum absolute atomic E-state index is 13.1. The molecule has 0 aliphatic carbocycles. The van der Waals surface area contributed by atoms with Crippen LogP contribution in [0.2, 0.25) is 0 Å². The van der Waals surface area contributed by atoms with Gasteiger partial charge in [0.05, 0.1) is 18.2 Å². The first-order valence-corrected chi connectivity index (χ1v) is 9.83. The Hall–Kier alpha value is -3.27. The van der Waals surface area contributed by atoms with Crippen LogP contribution in [0.5, 0.6) is 11.5 Å². The summed E-state index contributed by atoms with van der Waals surface area (Å²) in [5, 5.41) is 1.13. The summed E-state index contributed by atoms with van der Waals surface area (Å²) < 4.78 is 13.8. The Morgan fingerprint density at radius 1 is 1.21 bits per heavy atom. The van der Waals surface area contributed by atoms with E-state index in [1.165, 1.54) is 5.52 Å². The van der Waals surface area contributed by atoms with Crippen LogP contribution in [0.1, 0.15) is 42.3 Å². The number of hydrogen-bond acceptors (Lipinski definition) is 3. The van der Waals surface area contributed by atoms with E-state index in [1.54, 1.807) is 19.3 Å². The van der Waals surface area contributed by atoms with Gasteiger partial charge in [-0.1, -0.05) is 18.2 Å².